The zero-order chi connectivity index (χ0) is 22.1. The molecule has 2 amide bonds. The van der Waals surface area contributed by atoms with Gasteiger partial charge in [-0.2, -0.15) is 0 Å². The lowest BCUT2D eigenvalue weighted by Crippen LogP contribution is -2.42. The summed E-state index contributed by atoms with van der Waals surface area (Å²) in [6.07, 6.45) is 4.22. The summed E-state index contributed by atoms with van der Waals surface area (Å²) in [5.74, 6) is 1.92. The number of pyridine rings is 1. The number of carbonyl (C=O) groups excluding carboxylic acids is 2. The Bertz CT molecular complexity index is 1100. The van der Waals surface area contributed by atoms with Crippen molar-refractivity contribution in [2.75, 3.05) is 33.3 Å². The fraction of sp³-hybridized carbons (Fsp3) is 0.417. The molecule has 1 atom stereocenters. The molecule has 2 saturated heterocycles. The van der Waals surface area contributed by atoms with E-state index in [0.717, 1.165) is 29.8 Å². The first-order valence-electron chi connectivity index (χ1n) is 11.1. The van der Waals surface area contributed by atoms with Crippen LogP contribution in [0, 0.1) is 5.92 Å². The summed E-state index contributed by atoms with van der Waals surface area (Å²) < 4.78 is 5.22. The van der Waals surface area contributed by atoms with Gasteiger partial charge in [0.2, 0.25) is 5.91 Å². The van der Waals surface area contributed by atoms with Gasteiger partial charge in [-0.15, -0.1) is 0 Å². The van der Waals surface area contributed by atoms with Gasteiger partial charge in [0.05, 0.1) is 18.5 Å². The fourth-order valence-electron chi connectivity index (χ4n) is 4.77. The number of nitrogens with one attached hydrogen (secondary N) is 1. The maximum Gasteiger partial charge on any atom is 0.254 e. The van der Waals surface area contributed by atoms with Crippen LogP contribution in [-0.4, -0.2) is 69.9 Å². The second-order valence-corrected chi connectivity index (χ2v) is 8.56. The highest BCUT2D eigenvalue weighted by Crippen LogP contribution is 2.29. The Hall–Kier alpha value is -3.42. The average molecular weight is 434 g/mol. The number of H-pyrrole nitrogens is 1. The quantitative estimate of drug-likeness (QED) is 0.683. The summed E-state index contributed by atoms with van der Waals surface area (Å²) >= 11 is 0. The van der Waals surface area contributed by atoms with E-state index < -0.39 is 0 Å². The van der Waals surface area contributed by atoms with E-state index in [-0.39, 0.29) is 17.7 Å². The lowest BCUT2D eigenvalue weighted by Gasteiger charge is -2.32. The molecule has 0 spiro atoms. The molecule has 1 unspecified atom stereocenters. The number of nitrogens with zero attached hydrogens (tertiary/aromatic N) is 4. The topological polar surface area (TPSA) is 91.4 Å². The molecule has 2 aliphatic rings. The van der Waals surface area contributed by atoms with E-state index in [1.165, 1.54) is 0 Å². The number of aromatic amines is 1. The van der Waals surface area contributed by atoms with Crippen molar-refractivity contribution in [3.8, 4) is 5.75 Å². The van der Waals surface area contributed by atoms with Crippen LogP contribution in [0.5, 0.6) is 5.75 Å². The molecule has 166 valence electrons. The second-order valence-electron chi connectivity index (χ2n) is 8.56. The minimum absolute atomic E-state index is 0.0450. The summed E-state index contributed by atoms with van der Waals surface area (Å²) in [5.41, 5.74) is 2.29. The number of imidazole rings is 1. The Kier molecular flexibility index (Phi) is 5.51. The number of amides is 2. The highest BCUT2D eigenvalue weighted by atomic mass is 16.5. The van der Waals surface area contributed by atoms with E-state index in [4.69, 9.17) is 4.74 Å². The molecule has 0 bridgehead atoms. The third kappa shape index (κ3) is 3.92. The average Bonchev–Trinajstić information content (AvgIpc) is 3.51. The van der Waals surface area contributed by atoms with Crippen molar-refractivity contribution in [2.24, 2.45) is 5.92 Å². The van der Waals surface area contributed by atoms with Gasteiger partial charge in [0, 0.05) is 43.9 Å². The van der Waals surface area contributed by atoms with Gasteiger partial charge in [-0.25, -0.2) is 9.97 Å². The van der Waals surface area contributed by atoms with Crippen molar-refractivity contribution in [2.45, 2.75) is 25.2 Å². The van der Waals surface area contributed by atoms with Crippen LogP contribution in [0.3, 0.4) is 0 Å². The van der Waals surface area contributed by atoms with Gasteiger partial charge in [-0.1, -0.05) is 6.07 Å². The number of hydrogen-bond acceptors (Lipinski definition) is 5. The third-order valence-electron chi connectivity index (χ3n) is 6.61. The van der Waals surface area contributed by atoms with Crippen molar-refractivity contribution >= 4 is 23.0 Å². The molecule has 0 saturated carbocycles. The first kappa shape index (κ1) is 20.5. The molecule has 0 aliphatic carbocycles. The normalized spacial score (nSPS) is 19.5. The molecule has 2 aliphatic heterocycles. The third-order valence-corrected chi connectivity index (χ3v) is 6.61. The molecular formula is C24H27N5O3. The van der Waals surface area contributed by atoms with Gasteiger partial charge < -0.3 is 19.5 Å². The van der Waals surface area contributed by atoms with Crippen LogP contribution >= 0.6 is 0 Å². The highest BCUT2D eigenvalue weighted by molar-refractivity contribution is 5.95. The monoisotopic (exact) mass is 433 g/mol. The van der Waals surface area contributed by atoms with Crippen molar-refractivity contribution in [1.29, 1.82) is 0 Å². The van der Waals surface area contributed by atoms with Crippen LogP contribution < -0.4 is 4.74 Å². The van der Waals surface area contributed by atoms with Gasteiger partial charge in [0.1, 0.15) is 11.6 Å². The number of ether oxygens (including phenoxy) is 1. The largest absolute Gasteiger partial charge is 0.497 e. The van der Waals surface area contributed by atoms with Crippen molar-refractivity contribution < 1.29 is 14.3 Å². The SMILES string of the molecule is COc1cccc(C(=O)N2CCC(C(=O)N3CCC(c4nc5ncccc5[nH]4)CC3)C2)c1. The lowest BCUT2D eigenvalue weighted by atomic mass is 9.95. The molecule has 1 aromatic carbocycles. The van der Waals surface area contributed by atoms with E-state index in [0.29, 0.717) is 49.8 Å². The standard InChI is InChI=1S/C24H27N5O3/c1-32-19-5-2-4-17(14-19)23(30)29-13-9-18(15-29)24(31)28-11-7-16(8-12-28)21-26-20-6-3-10-25-22(20)27-21/h2-6,10,14,16,18H,7-9,11-13,15H2,1H3,(H,25,26,27). The Balaban J connectivity index is 1.17. The molecule has 8 nitrogen and oxygen atoms in total. The number of benzene rings is 1. The van der Waals surface area contributed by atoms with Crippen molar-refractivity contribution in [3.05, 3.63) is 54.0 Å². The zero-order valence-corrected chi connectivity index (χ0v) is 18.2. The summed E-state index contributed by atoms with van der Waals surface area (Å²) in [6.45, 7) is 2.52. The van der Waals surface area contributed by atoms with E-state index >= 15 is 0 Å². The molecule has 0 radical (unpaired) electrons. The van der Waals surface area contributed by atoms with Crippen LogP contribution in [0.2, 0.25) is 0 Å². The molecule has 2 fully saturated rings. The number of rotatable bonds is 4. The summed E-state index contributed by atoms with van der Waals surface area (Å²) in [7, 11) is 1.59. The lowest BCUT2D eigenvalue weighted by molar-refractivity contribution is -0.136. The molecule has 32 heavy (non-hydrogen) atoms. The number of methoxy groups -OCH3 is 1. The molecule has 2 aromatic heterocycles. The number of aromatic nitrogens is 3. The Morgan fingerprint density at radius 3 is 2.66 bits per heavy atom. The maximum atomic E-state index is 13.1. The predicted octanol–water partition coefficient (Wildman–Crippen LogP) is 2.83. The van der Waals surface area contributed by atoms with E-state index in [1.807, 2.05) is 29.2 Å². The molecular weight excluding hydrogens is 406 g/mol. The van der Waals surface area contributed by atoms with Crippen molar-refractivity contribution in [3.63, 3.8) is 0 Å². The molecule has 3 aromatic rings. The minimum atomic E-state index is -0.128. The number of carbonyl (C=O) groups is 2. The smallest absolute Gasteiger partial charge is 0.254 e. The summed E-state index contributed by atoms with van der Waals surface area (Å²) in [4.78, 5) is 42.0. The number of hydrogen-bond donors (Lipinski definition) is 1. The summed E-state index contributed by atoms with van der Waals surface area (Å²) in [6, 6.07) is 11.0. The van der Waals surface area contributed by atoms with Crippen LogP contribution in [0.1, 0.15) is 41.4 Å². The first-order chi connectivity index (χ1) is 15.6. The van der Waals surface area contributed by atoms with Gasteiger partial charge in [0.15, 0.2) is 5.65 Å². The van der Waals surface area contributed by atoms with Crippen molar-refractivity contribution in [1.82, 2.24) is 24.8 Å². The highest BCUT2D eigenvalue weighted by Gasteiger charge is 2.35. The van der Waals surface area contributed by atoms with E-state index in [2.05, 4.69) is 15.0 Å². The zero-order valence-electron chi connectivity index (χ0n) is 18.2. The molecule has 4 heterocycles. The number of likely N-dealkylation sites (tertiary alicyclic amines) is 2. The fourth-order valence-corrected chi connectivity index (χ4v) is 4.77. The molecule has 5 rings (SSSR count). The maximum absolute atomic E-state index is 13.1. The van der Waals surface area contributed by atoms with Crippen LogP contribution in [0.25, 0.3) is 11.2 Å². The van der Waals surface area contributed by atoms with Crippen LogP contribution in [-0.2, 0) is 4.79 Å². The number of fused-ring (bicyclic) bond motifs is 1. The van der Waals surface area contributed by atoms with Gasteiger partial charge in [-0.05, 0) is 49.6 Å². The van der Waals surface area contributed by atoms with Crippen LogP contribution in [0.15, 0.2) is 42.6 Å². The van der Waals surface area contributed by atoms with E-state index in [9.17, 15) is 9.59 Å². The predicted molar refractivity (Wildman–Crippen MR) is 119 cm³/mol. The molecule has 1 N–H and O–H groups in total. The molecule has 8 heteroatoms. The van der Waals surface area contributed by atoms with Gasteiger partial charge in [0.25, 0.3) is 5.91 Å². The summed E-state index contributed by atoms with van der Waals surface area (Å²) in [5, 5.41) is 0. The number of piperidine rings is 1. The van der Waals surface area contributed by atoms with E-state index in [1.54, 1.807) is 30.3 Å². The van der Waals surface area contributed by atoms with Crippen LogP contribution in [0.4, 0.5) is 0 Å². The minimum Gasteiger partial charge on any atom is -0.497 e. The second kappa shape index (κ2) is 8.61. The van der Waals surface area contributed by atoms with Gasteiger partial charge >= 0.3 is 0 Å². The Labute approximate surface area is 186 Å². The Morgan fingerprint density at radius 1 is 1.06 bits per heavy atom. The van der Waals surface area contributed by atoms with Gasteiger partial charge in [-0.3, -0.25) is 9.59 Å². The Morgan fingerprint density at radius 2 is 1.88 bits per heavy atom. The first-order valence-corrected chi connectivity index (χ1v) is 11.1.